The molecule has 0 saturated heterocycles. The quantitative estimate of drug-likeness (QED) is 0.696. The van der Waals surface area contributed by atoms with E-state index in [0.717, 1.165) is 62.2 Å². The summed E-state index contributed by atoms with van der Waals surface area (Å²) < 4.78 is 0. The van der Waals surface area contributed by atoms with Gasteiger partial charge in [0.1, 0.15) is 0 Å². The molecule has 28 heavy (non-hydrogen) atoms. The summed E-state index contributed by atoms with van der Waals surface area (Å²) in [5.41, 5.74) is 6.16. The molecule has 154 valence electrons. The first-order valence-corrected chi connectivity index (χ1v) is 11.8. The minimum absolute atomic E-state index is 0.108. The maximum atomic E-state index is 13.3. The SMILES string of the molecule is CC12CC3CC(C1)CC(C(=O)NNC(=O)C14CC5CC(CC(C)(C5)C1)C4)(C3)C2. The van der Waals surface area contributed by atoms with Crippen LogP contribution in [0.1, 0.15) is 90.9 Å². The molecule has 8 aliphatic rings. The molecule has 0 aromatic rings. The van der Waals surface area contributed by atoms with E-state index in [4.69, 9.17) is 0 Å². The molecular weight excluding hydrogens is 348 g/mol. The predicted molar refractivity (Wildman–Crippen MR) is 107 cm³/mol. The van der Waals surface area contributed by atoms with Crippen molar-refractivity contribution in [2.45, 2.75) is 90.9 Å². The lowest BCUT2D eigenvalue weighted by Crippen LogP contribution is -2.62. The lowest BCUT2D eigenvalue weighted by molar-refractivity contribution is -0.163. The second-order valence-corrected chi connectivity index (χ2v) is 13.0. The van der Waals surface area contributed by atoms with Crippen molar-refractivity contribution in [1.29, 1.82) is 0 Å². The molecule has 8 fully saturated rings. The molecular formula is C24H36N2O2. The van der Waals surface area contributed by atoms with Crippen molar-refractivity contribution in [3.8, 4) is 0 Å². The molecule has 0 aliphatic heterocycles. The van der Waals surface area contributed by atoms with E-state index in [2.05, 4.69) is 24.7 Å². The standard InChI is InChI=1S/C24H36N2O2/c1-21-5-15-3-16(6-21)10-23(9-15,13-21)19(27)25-26-20(28)24-11-17-4-18(12-24)8-22(2,7-17)14-24/h15-18H,3-14H2,1-2H3,(H,25,27)(H,26,28). The molecule has 4 atom stereocenters. The Morgan fingerprint density at radius 1 is 0.607 bits per heavy atom. The smallest absolute Gasteiger partial charge is 0.244 e. The van der Waals surface area contributed by atoms with Crippen LogP contribution in [0.25, 0.3) is 0 Å². The van der Waals surface area contributed by atoms with Crippen molar-refractivity contribution in [3.05, 3.63) is 0 Å². The maximum Gasteiger partial charge on any atom is 0.244 e. The van der Waals surface area contributed by atoms with Gasteiger partial charge in [-0.2, -0.15) is 0 Å². The second kappa shape index (κ2) is 5.35. The van der Waals surface area contributed by atoms with Crippen molar-refractivity contribution < 1.29 is 9.59 Å². The highest BCUT2D eigenvalue weighted by Gasteiger charge is 2.60. The van der Waals surface area contributed by atoms with E-state index in [9.17, 15) is 9.59 Å². The Bertz CT molecular complexity index is 653. The third kappa shape index (κ3) is 2.48. The fourth-order valence-electron chi connectivity index (χ4n) is 10.4. The number of hydrazine groups is 1. The number of carbonyl (C=O) groups is 2. The maximum absolute atomic E-state index is 13.3. The molecule has 2 N–H and O–H groups in total. The van der Waals surface area contributed by atoms with Gasteiger partial charge in [0.2, 0.25) is 11.8 Å². The minimum Gasteiger partial charge on any atom is -0.273 e. The zero-order chi connectivity index (χ0) is 19.4. The number of hydrogen-bond donors (Lipinski definition) is 2. The van der Waals surface area contributed by atoms with Crippen LogP contribution in [-0.4, -0.2) is 11.8 Å². The minimum atomic E-state index is -0.223. The molecule has 0 aromatic carbocycles. The summed E-state index contributed by atoms with van der Waals surface area (Å²) in [6, 6.07) is 0. The van der Waals surface area contributed by atoms with Gasteiger partial charge in [-0.3, -0.25) is 20.4 Å². The third-order valence-corrected chi connectivity index (χ3v) is 9.96. The van der Waals surface area contributed by atoms with E-state index in [0.29, 0.717) is 10.8 Å². The molecule has 2 amide bonds. The Balaban J connectivity index is 1.16. The van der Waals surface area contributed by atoms with Crippen LogP contribution in [0.2, 0.25) is 0 Å². The molecule has 8 aliphatic carbocycles. The first-order valence-electron chi connectivity index (χ1n) is 11.8. The van der Waals surface area contributed by atoms with Gasteiger partial charge < -0.3 is 0 Å². The Morgan fingerprint density at radius 2 is 0.929 bits per heavy atom. The molecule has 4 nitrogen and oxygen atoms in total. The first-order chi connectivity index (χ1) is 13.2. The van der Waals surface area contributed by atoms with Crippen LogP contribution >= 0.6 is 0 Å². The monoisotopic (exact) mass is 384 g/mol. The molecule has 4 heteroatoms. The van der Waals surface area contributed by atoms with E-state index in [1.807, 2.05) is 0 Å². The topological polar surface area (TPSA) is 58.2 Å². The summed E-state index contributed by atoms with van der Waals surface area (Å²) in [6.45, 7) is 4.78. The summed E-state index contributed by atoms with van der Waals surface area (Å²) >= 11 is 0. The fourth-order valence-corrected chi connectivity index (χ4v) is 10.4. The number of carbonyl (C=O) groups excluding carboxylic acids is 2. The lowest BCUT2D eigenvalue weighted by atomic mass is 9.44. The molecule has 8 rings (SSSR count). The number of rotatable bonds is 2. The van der Waals surface area contributed by atoms with E-state index < -0.39 is 0 Å². The highest BCUT2D eigenvalue weighted by molar-refractivity contribution is 5.88. The normalized spacial score (nSPS) is 55.4. The van der Waals surface area contributed by atoms with Crippen molar-refractivity contribution in [1.82, 2.24) is 10.9 Å². The largest absolute Gasteiger partial charge is 0.273 e. The Morgan fingerprint density at radius 3 is 1.21 bits per heavy atom. The van der Waals surface area contributed by atoms with Crippen molar-refractivity contribution in [2.75, 3.05) is 0 Å². The number of amides is 2. The molecule has 4 unspecified atom stereocenters. The molecule has 0 spiro atoms. The van der Waals surface area contributed by atoms with Gasteiger partial charge in [-0.25, -0.2) is 0 Å². The van der Waals surface area contributed by atoms with Crippen LogP contribution in [0.15, 0.2) is 0 Å². The van der Waals surface area contributed by atoms with Crippen molar-refractivity contribution in [2.24, 2.45) is 45.3 Å². The Kier molecular flexibility index (Phi) is 3.39. The van der Waals surface area contributed by atoms with Crippen molar-refractivity contribution >= 4 is 11.8 Å². The van der Waals surface area contributed by atoms with Crippen LogP contribution in [-0.2, 0) is 9.59 Å². The van der Waals surface area contributed by atoms with Crippen LogP contribution in [0.5, 0.6) is 0 Å². The highest BCUT2D eigenvalue weighted by atomic mass is 16.2. The number of hydrogen-bond acceptors (Lipinski definition) is 2. The van der Waals surface area contributed by atoms with Gasteiger partial charge in [-0.15, -0.1) is 0 Å². The van der Waals surface area contributed by atoms with Gasteiger partial charge in [0.05, 0.1) is 10.8 Å². The van der Waals surface area contributed by atoms with Gasteiger partial charge in [0.15, 0.2) is 0 Å². The molecule has 8 saturated carbocycles. The molecule has 0 radical (unpaired) electrons. The molecule has 0 aromatic heterocycles. The summed E-state index contributed by atoms with van der Waals surface area (Å²) in [5.74, 6) is 3.09. The van der Waals surface area contributed by atoms with Crippen LogP contribution in [0, 0.1) is 45.3 Å². The van der Waals surface area contributed by atoms with Gasteiger partial charge in [0.25, 0.3) is 0 Å². The molecule has 8 bridgehead atoms. The third-order valence-electron chi connectivity index (χ3n) is 9.96. The fraction of sp³-hybridized carbons (Fsp3) is 0.917. The van der Waals surface area contributed by atoms with Gasteiger partial charge in [0, 0.05) is 0 Å². The number of nitrogens with one attached hydrogen (secondary N) is 2. The summed E-state index contributed by atoms with van der Waals surface area (Å²) in [5, 5.41) is 0. The highest BCUT2D eigenvalue weighted by Crippen LogP contribution is 2.66. The van der Waals surface area contributed by atoms with E-state index in [1.165, 1.54) is 38.5 Å². The van der Waals surface area contributed by atoms with Crippen molar-refractivity contribution in [3.63, 3.8) is 0 Å². The average Bonchev–Trinajstić information content (AvgIpc) is 2.54. The van der Waals surface area contributed by atoms with E-state index in [-0.39, 0.29) is 22.6 Å². The average molecular weight is 385 g/mol. The summed E-state index contributed by atoms with van der Waals surface area (Å²) in [6.07, 6.45) is 14.0. The zero-order valence-electron chi connectivity index (χ0n) is 17.6. The van der Waals surface area contributed by atoms with Gasteiger partial charge >= 0.3 is 0 Å². The summed E-state index contributed by atoms with van der Waals surface area (Å²) in [7, 11) is 0. The van der Waals surface area contributed by atoms with Crippen LogP contribution in [0.3, 0.4) is 0 Å². The zero-order valence-corrected chi connectivity index (χ0v) is 17.6. The lowest BCUT2D eigenvalue weighted by Gasteiger charge is -2.61. The Hall–Kier alpha value is -1.06. The summed E-state index contributed by atoms with van der Waals surface area (Å²) in [4.78, 5) is 26.6. The van der Waals surface area contributed by atoms with Crippen LogP contribution in [0.4, 0.5) is 0 Å². The van der Waals surface area contributed by atoms with E-state index >= 15 is 0 Å². The van der Waals surface area contributed by atoms with Crippen LogP contribution < -0.4 is 10.9 Å². The predicted octanol–water partition coefficient (Wildman–Crippen LogP) is 4.35. The second-order valence-electron chi connectivity index (χ2n) is 13.0. The van der Waals surface area contributed by atoms with Gasteiger partial charge in [-0.05, 0) is 112 Å². The van der Waals surface area contributed by atoms with Gasteiger partial charge in [-0.1, -0.05) is 13.8 Å². The Labute approximate surface area is 168 Å². The molecule has 0 heterocycles. The first kappa shape index (κ1) is 17.8. The van der Waals surface area contributed by atoms with E-state index in [1.54, 1.807) is 0 Å².